The first-order chi connectivity index (χ1) is 13.7. The maximum absolute atomic E-state index is 13.8. The summed E-state index contributed by atoms with van der Waals surface area (Å²) < 4.78 is 46.2. The summed E-state index contributed by atoms with van der Waals surface area (Å²) in [4.78, 5) is 12.5. The lowest BCUT2D eigenvalue weighted by atomic mass is 10.0. The summed E-state index contributed by atoms with van der Waals surface area (Å²) in [5, 5.41) is 2.60. The summed E-state index contributed by atoms with van der Waals surface area (Å²) in [6.45, 7) is 2.84. The van der Waals surface area contributed by atoms with E-state index < -0.39 is 21.7 Å². The molecule has 0 spiro atoms. The highest BCUT2D eigenvalue weighted by molar-refractivity contribution is 7.89. The zero-order chi connectivity index (χ0) is 21.2. The van der Waals surface area contributed by atoms with E-state index in [1.807, 2.05) is 6.92 Å². The van der Waals surface area contributed by atoms with Crippen LogP contribution in [0.15, 0.2) is 41.3 Å². The van der Waals surface area contributed by atoms with E-state index in [1.54, 1.807) is 0 Å². The molecule has 1 unspecified atom stereocenters. The quantitative estimate of drug-likeness (QED) is 0.757. The molecule has 1 saturated heterocycles. The second kappa shape index (κ2) is 8.69. The van der Waals surface area contributed by atoms with E-state index in [1.165, 1.54) is 41.7 Å². The summed E-state index contributed by atoms with van der Waals surface area (Å²) in [6, 6.07) is 8.06. The number of carbonyl (C=O) groups excluding carboxylic acids is 1. The summed E-state index contributed by atoms with van der Waals surface area (Å²) in [5.74, 6) is -0.883. The van der Waals surface area contributed by atoms with Gasteiger partial charge >= 0.3 is 0 Å². The largest absolute Gasteiger partial charge is 0.494 e. The molecule has 3 rings (SSSR count). The zero-order valence-electron chi connectivity index (χ0n) is 16.1. The maximum Gasteiger partial charge on any atom is 0.255 e. The lowest BCUT2D eigenvalue weighted by Crippen LogP contribution is -2.39. The summed E-state index contributed by atoms with van der Waals surface area (Å²) >= 11 is 6.15. The average Bonchev–Trinajstić information content (AvgIpc) is 2.68. The molecule has 1 aliphatic heterocycles. The van der Waals surface area contributed by atoms with Gasteiger partial charge in [-0.05, 0) is 49.1 Å². The number of benzene rings is 2. The number of hydrogen-bond donors (Lipinski definition) is 1. The first kappa shape index (κ1) is 21.5. The van der Waals surface area contributed by atoms with Gasteiger partial charge in [0.25, 0.3) is 5.91 Å². The summed E-state index contributed by atoms with van der Waals surface area (Å²) in [7, 11) is -2.48. The molecule has 0 radical (unpaired) electrons. The van der Waals surface area contributed by atoms with Crippen LogP contribution in [0.2, 0.25) is 5.02 Å². The molecule has 2 aromatic carbocycles. The van der Waals surface area contributed by atoms with Gasteiger partial charge in [0.05, 0.1) is 12.1 Å². The highest BCUT2D eigenvalue weighted by Crippen LogP contribution is 2.29. The Morgan fingerprint density at radius 2 is 2.03 bits per heavy atom. The second-order valence-corrected chi connectivity index (χ2v) is 9.37. The van der Waals surface area contributed by atoms with Crippen molar-refractivity contribution in [2.24, 2.45) is 5.92 Å². The van der Waals surface area contributed by atoms with Crippen molar-refractivity contribution in [2.45, 2.75) is 24.7 Å². The molecule has 0 aromatic heterocycles. The van der Waals surface area contributed by atoms with Crippen molar-refractivity contribution < 1.29 is 22.3 Å². The molecule has 2 aromatic rings. The van der Waals surface area contributed by atoms with Crippen molar-refractivity contribution in [2.75, 3.05) is 25.5 Å². The van der Waals surface area contributed by atoms with Crippen molar-refractivity contribution >= 4 is 33.2 Å². The number of rotatable bonds is 5. The molecule has 0 saturated carbocycles. The number of nitrogens with one attached hydrogen (secondary N) is 1. The minimum atomic E-state index is -3.83. The molecular formula is C20H22ClFN2O4S. The fourth-order valence-corrected chi connectivity index (χ4v) is 5.39. The van der Waals surface area contributed by atoms with E-state index in [0.29, 0.717) is 13.1 Å². The molecule has 6 nitrogen and oxygen atoms in total. The van der Waals surface area contributed by atoms with Crippen LogP contribution in [0.5, 0.6) is 5.75 Å². The Kier molecular flexibility index (Phi) is 6.45. The van der Waals surface area contributed by atoms with Crippen LogP contribution in [0.1, 0.15) is 30.1 Å². The minimum absolute atomic E-state index is 0.0512. The lowest BCUT2D eigenvalue weighted by Gasteiger charge is -2.30. The molecule has 1 fully saturated rings. The van der Waals surface area contributed by atoms with E-state index in [-0.39, 0.29) is 32.8 Å². The Hall–Kier alpha value is -2.16. The smallest absolute Gasteiger partial charge is 0.255 e. The van der Waals surface area contributed by atoms with E-state index in [9.17, 15) is 17.6 Å². The van der Waals surface area contributed by atoms with E-state index in [2.05, 4.69) is 5.32 Å². The Labute approximate surface area is 174 Å². The van der Waals surface area contributed by atoms with Crippen LogP contribution < -0.4 is 10.1 Å². The fourth-order valence-electron chi connectivity index (χ4n) is 3.29. The predicted octanol–water partition coefficient (Wildman–Crippen LogP) is 4.16. The third kappa shape index (κ3) is 4.71. The Balaban J connectivity index is 1.86. The zero-order valence-corrected chi connectivity index (χ0v) is 17.7. The number of halogens is 2. The van der Waals surface area contributed by atoms with Crippen LogP contribution in [0.25, 0.3) is 0 Å². The van der Waals surface area contributed by atoms with Gasteiger partial charge < -0.3 is 10.1 Å². The van der Waals surface area contributed by atoms with Crippen LogP contribution >= 0.6 is 11.6 Å². The van der Waals surface area contributed by atoms with E-state index in [4.69, 9.17) is 16.3 Å². The Morgan fingerprint density at radius 3 is 2.69 bits per heavy atom. The van der Waals surface area contributed by atoms with Gasteiger partial charge in [0.15, 0.2) is 11.6 Å². The number of amides is 1. The number of anilines is 1. The van der Waals surface area contributed by atoms with Gasteiger partial charge in [0, 0.05) is 30.4 Å². The average molecular weight is 441 g/mol. The molecule has 0 bridgehead atoms. The number of carbonyl (C=O) groups is 1. The second-order valence-electron chi connectivity index (χ2n) is 7.06. The van der Waals surface area contributed by atoms with Gasteiger partial charge in [-0.15, -0.1) is 0 Å². The molecule has 9 heteroatoms. The number of hydrogen-bond acceptors (Lipinski definition) is 4. The van der Waals surface area contributed by atoms with Gasteiger partial charge in [-0.1, -0.05) is 18.5 Å². The number of methoxy groups -OCH3 is 1. The first-order valence-electron chi connectivity index (χ1n) is 9.17. The number of sulfonamides is 1. The van der Waals surface area contributed by atoms with Gasteiger partial charge in [-0.2, -0.15) is 4.31 Å². The lowest BCUT2D eigenvalue weighted by molar-refractivity contribution is 0.102. The number of piperidine rings is 1. The molecule has 1 atom stereocenters. The molecule has 156 valence electrons. The third-order valence-electron chi connectivity index (χ3n) is 4.84. The van der Waals surface area contributed by atoms with E-state index in [0.717, 1.165) is 18.9 Å². The van der Waals surface area contributed by atoms with Crippen LogP contribution in [0.3, 0.4) is 0 Å². The van der Waals surface area contributed by atoms with Crippen LogP contribution in [0.4, 0.5) is 10.1 Å². The fraction of sp³-hybridized carbons (Fsp3) is 0.350. The van der Waals surface area contributed by atoms with Crippen molar-refractivity contribution in [3.8, 4) is 5.75 Å². The van der Waals surface area contributed by atoms with Crippen molar-refractivity contribution in [3.05, 3.63) is 52.8 Å². The summed E-state index contributed by atoms with van der Waals surface area (Å²) in [5.41, 5.74) is 0.326. The van der Waals surface area contributed by atoms with E-state index >= 15 is 0 Å². The molecule has 1 amide bonds. The highest BCUT2D eigenvalue weighted by atomic mass is 35.5. The minimum Gasteiger partial charge on any atom is -0.494 e. The predicted molar refractivity (Wildman–Crippen MR) is 110 cm³/mol. The van der Waals surface area contributed by atoms with Crippen molar-refractivity contribution in [1.82, 2.24) is 4.31 Å². The molecule has 29 heavy (non-hydrogen) atoms. The van der Waals surface area contributed by atoms with Gasteiger partial charge in [-0.3, -0.25) is 4.79 Å². The summed E-state index contributed by atoms with van der Waals surface area (Å²) in [6.07, 6.45) is 1.75. The Bertz CT molecular complexity index is 1030. The van der Waals surface area contributed by atoms with Crippen LogP contribution in [-0.4, -0.2) is 38.8 Å². The number of nitrogens with zero attached hydrogens (tertiary/aromatic N) is 1. The topological polar surface area (TPSA) is 75.7 Å². The molecule has 1 heterocycles. The molecule has 1 N–H and O–H groups in total. The molecule has 0 aliphatic carbocycles. The number of ether oxygens (including phenoxy) is 1. The monoisotopic (exact) mass is 440 g/mol. The van der Waals surface area contributed by atoms with Gasteiger partial charge in [0.1, 0.15) is 4.90 Å². The van der Waals surface area contributed by atoms with Crippen molar-refractivity contribution in [3.63, 3.8) is 0 Å². The van der Waals surface area contributed by atoms with Crippen LogP contribution in [-0.2, 0) is 10.0 Å². The van der Waals surface area contributed by atoms with Gasteiger partial charge in [0.2, 0.25) is 10.0 Å². The third-order valence-corrected chi connectivity index (χ3v) is 7.19. The van der Waals surface area contributed by atoms with Gasteiger partial charge in [-0.25, -0.2) is 12.8 Å². The van der Waals surface area contributed by atoms with Crippen molar-refractivity contribution in [1.29, 1.82) is 0 Å². The molecule has 1 aliphatic rings. The normalized spacial score (nSPS) is 17.7. The van der Waals surface area contributed by atoms with Crippen LogP contribution in [0, 0.1) is 11.7 Å². The maximum atomic E-state index is 13.8. The molecular weight excluding hydrogens is 419 g/mol. The standard InChI is InChI=1S/C20H22ClFN2O4S/c1-13-4-3-9-24(12-13)29(26,27)19-10-14(5-7-16(19)21)20(25)23-15-6-8-18(28-2)17(22)11-15/h5-8,10-11,13H,3-4,9,12H2,1-2H3,(H,23,25). The first-order valence-corrected chi connectivity index (χ1v) is 11.0. The Morgan fingerprint density at radius 1 is 1.28 bits per heavy atom. The SMILES string of the molecule is COc1ccc(NC(=O)c2ccc(Cl)c(S(=O)(=O)N3CCCC(C)C3)c2)cc1F. The highest BCUT2D eigenvalue weighted by Gasteiger charge is 2.31.